The lowest BCUT2D eigenvalue weighted by Gasteiger charge is -2.28. The Balaban J connectivity index is 1.44. The first-order valence-electron chi connectivity index (χ1n) is 27.3. The highest BCUT2D eigenvalue weighted by molar-refractivity contribution is 5.99. The fraction of sp³-hybridized carbons (Fsp3) is 0.390. The number of amides is 10. The van der Waals surface area contributed by atoms with Crippen molar-refractivity contribution in [1.29, 1.82) is 0 Å². The number of benzene rings is 4. The van der Waals surface area contributed by atoms with Gasteiger partial charge in [-0.05, 0) is 89.4 Å². The molecule has 450 valence electrons. The van der Waals surface area contributed by atoms with Crippen LogP contribution in [0.3, 0.4) is 0 Å². The number of rotatable bonds is 31. The predicted molar refractivity (Wildman–Crippen MR) is 308 cm³/mol. The Kier molecular flexibility index (Phi) is 24.1. The maximum absolute atomic E-state index is 14.7. The molecular formula is C59H75N11O14. The summed E-state index contributed by atoms with van der Waals surface area (Å²) in [5.74, 6) is -9.58. The molecule has 5 rings (SSSR count). The number of hydrogen-bond acceptors (Lipinski definition) is 14. The number of para-hydroxylation sites is 1. The molecule has 0 bridgehead atoms. The molecule has 0 unspecified atom stereocenters. The van der Waals surface area contributed by atoms with E-state index in [0.717, 1.165) is 0 Å². The molecule has 4 aromatic carbocycles. The van der Waals surface area contributed by atoms with Crippen LogP contribution < -0.4 is 54.0 Å². The highest BCUT2D eigenvalue weighted by Gasteiger charge is 2.36. The molecule has 0 radical (unpaired) electrons. The van der Waals surface area contributed by atoms with E-state index in [2.05, 4.69) is 47.5 Å². The second-order valence-electron chi connectivity index (χ2n) is 21.4. The van der Waals surface area contributed by atoms with Gasteiger partial charge in [-0.15, -0.1) is 0 Å². The minimum atomic E-state index is -1.80. The number of carbonyl (C=O) groups is 10. The third kappa shape index (κ3) is 20.5. The molecule has 0 fully saturated rings. The number of aromatic amines is 1. The van der Waals surface area contributed by atoms with Gasteiger partial charge in [-0.1, -0.05) is 82.3 Å². The van der Waals surface area contributed by atoms with Crippen LogP contribution in [0.15, 0.2) is 103 Å². The summed E-state index contributed by atoms with van der Waals surface area (Å²) in [6.07, 6.45) is 0.288. The van der Waals surface area contributed by atoms with E-state index in [-0.39, 0.29) is 67.6 Å². The van der Waals surface area contributed by atoms with Crippen LogP contribution in [0.2, 0.25) is 0 Å². The number of aliphatic hydroxyl groups excluding tert-OH is 1. The van der Waals surface area contributed by atoms with Crippen LogP contribution in [0.4, 0.5) is 0 Å². The van der Waals surface area contributed by atoms with E-state index in [1.54, 1.807) is 44.3 Å². The van der Waals surface area contributed by atoms with Crippen LogP contribution in [-0.4, -0.2) is 139 Å². The van der Waals surface area contributed by atoms with E-state index in [1.807, 2.05) is 13.8 Å². The fourth-order valence-electron chi connectivity index (χ4n) is 9.14. The molecule has 8 atom stereocenters. The van der Waals surface area contributed by atoms with Crippen LogP contribution in [0.1, 0.15) is 76.1 Å². The highest BCUT2D eigenvalue weighted by atomic mass is 16.3. The molecule has 0 saturated carbocycles. The van der Waals surface area contributed by atoms with Crippen molar-refractivity contribution >= 4 is 70.0 Å². The zero-order valence-electron chi connectivity index (χ0n) is 47.3. The van der Waals surface area contributed by atoms with Crippen molar-refractivity contribution in [2.45, 2.75) is 128 Å². The Morgan fingerprint density at radius 1 is 0.440 bits per heavy atom. The summed E-state index contributed by atoms with van der Waals surface area (Å²) in [7, 11) is 0. The molecular weight excluding hydrogens is 1090 g/mol. The Hall–Kier alpha value is -9.52. The molecule has 10 amide bonds. The van der Waals surface area contributed by atoms with Crippen molar-refractivity contribution in [1.82, 2.24) is 47.5 Å². The van der Waals surface area contributed by atoms with Crippen LogP contribution >= 0.6 is 0 Å². The van der Waals surface area contributed by atoms with E-state index in [1.165, 1.54) is 79.7 Å². The number of hydrogen-bond donors (Lipinski definition) is 15. The Bertz CT molecular complexity index is 3110. The van der Waals surface area contributed by atoms with E-state index in [9.17, 15) is 68.4 Å². The van der Waals surface area contributed by atoms with Gasteiger partial charge in [-0.2, -0.15) is 0 Å². The highest BCUT2D eigenvalue weighted by Crippen LogP contribution is 2.21. The van der Waals surface area contributed by atoms with Gasteiger partial charge in [0.15, 0.2) is 0 Å². The van der Waals surface area contributed by atoms with Crippen molar-refractivity contribution in [3.8, 4) is 17.2 Å². The lowest BCUT2D eigenvalue weighted by molar-refractivity contribution is -0.136. The van der Waals surface area contributed by atoms with Gasteiger partial charge in [0, 0.05) is 49.7 Å². The maximum Gasteiger partial charge on any atom is 0.245 e. The van der Waals surface area contributed by atoms with E-state index in [4.69, 9.17) is 11.5 Å². The largest absolute Gasteiger partial charge is 0.508 e. The van der Waals surface area contributed by atoms with Crippen LogP contribution in [-0.2, 0) is 73.6 Å². The maximum atomic E-state index is 14.7. The topological polar surface area (TPSA) is 416 Å². The molecule has 17 N–H and O–H groups in total. The van der Waals surface area contributed by atoms with Gasteiger partial charge in [0.2, 0.25) is 59.1 Å². The van der Waals surface area contributed by atoms with Gasteiger partial charge in [0.25, 0.3) is 0 Å². The second kappa shape index (κ2) is 31.1. The van der Waals surface area contributed by atoms with Gasteiger partial charge in [0.05, 0.1) is 13.0 Å². The SMILES string of the molecule is CC(=O)N[C@@H](CC(C)C)C(=O)N[C@@H](Cc1ccc(O)cc1)C(=O)N[C@@H](Cc1c[nH]c2ccccc12)C(=O)N[C@@H](CO)C(=O)N[C@@H](Cc1ccc(O)cc1)C(=O)N[C@@H](CC(C)C)C(=O)N[C@@H](Cc1ccc(O)cc1)C(=O)N[C@@H](CC(N)=O)C(N)=O. The second-order valence-corrected chi connectivity index (χ2v) is 21.4. The average molecular weight is 1160 g/mol. The molecule has 0 aliphatic carbocycles. The first-order chi connectivity index (χ1) is 39.8. The van der Waals surface area contributed by atoms with Gasteiger partial charge >= 0.3 is 0 Å². The van der Waals surface area contributed by atoms with Crippen molar-refractivity contribution < 1.29 is 68.4 Å². The zero-order chi connectivity index (χ0) is 61.8. The third-order valence-electron chi connectivity index (χ3n) is 13.4. The molecule has 25 nitrogen and oxygen atoms in total. The number of phenols is 3. The summed E-state index contributed by atoms with van der Waals surface area (Å²) in [5.41, 5.74) is 13.3. The number of nitrogens with two attached hydrogens (primary N) is 2. The number of fused-ring (bicyclic) bond motifs is 1. The molecule has 5 aromatic rings. The third-order valence-corrected chi connectivity index (χ3v) is 13.4. The van der Waals surface area contributed by atoms with Gasteiger partial charge < -0.3 is 79.4 Å². The van der Waals surface area contributed by atoms with E-state index < -0.39 is 120 Å². The summed E-state index contributed by atoms with van der Waals surface area (Å²) in [6.45, 7) is 7.39. The molecule has 1 aromatic heterocycles. The van der Waals surface area contributed by atoms with Crippen molar-refractivity contribution in [3.05, 3.63) is 126 Å². The number of phenolic OH excluding ortho intramolecular Hbond substituents is 3. The molecule has 0 aliphatic heterocycles. The first-order valence-corrected chi connectivity index (χ1v) is 27.3. The molecule has 0 saturated heterocycles. The summed E-state index contributed by atoms with van der Waals surface area (Å²) in [4.78, 5) is 140. The summed E-state index contributed by atoms with van der Waals surface area (Å²) in [6, 6.07) is 12.4. The van der Waals surface area contributed by atoms with Gasteiger partial charge in [-0.25, -0.2) is 0 Å². The fourth-order valence-corrected chi connectivity index (χ4v) is 9.14. The predicted octanol–water partition coefficient (Wildman–Crippen LogP) is -0.101. The average Bonchev–Trinajstić information content (AvgIpc) is 4.10. The standard InChI is InChI=1S/C59H75N11O14/c1-31(2)22-44(63-33(5)72)53(78)66-47(25-35-12-18-39(74)19-13-35)57(82)69-49(27-37-29-62-42-9-7-6-8-41(37)42)58(83)70-50(30-71)59(84)68-48(26-36-14-20-40(75)21-15-36)56(81)65-45(23-32(3)4)54(79)67-46(24-34-10-16-38(73)17-11-34)55(80)64-43(52(61)77)28-51(60)76/h6-21,29,31-32,43-50,62,71,73-75H,22-28,30H2,1-5H3,(H2,60,76)(H2,61,77)(H,63,72)(H,64,80)(H,65,81)(H,66,78)(H,67,79)(H,68,84)(H,69,82)(H,70,83)/t43-,44-,45-,46-,47-,48-,49-,50-/m0/s1. The van der Waals surface area contributed by atoms with Gasteiger partial charge in [0.1, 0.15) is 65.6 Å². The summed E-state index contributed by atoms with van der Waals surface area (Å²) < 4.78 is 0. The number of primary amides is 2. The molecule has 0 spiro atoms. The lowest BCUT2D eigenvalue weighted by atomic mass is 9.99. The number of nitrogens with one attached hydrogen (secondary N) is 9. The van der Waals surface area contributed by atoms with Crippen LogP contribution in [0, 0.1) is 11.8 Å². The Morgan fingerprint density at radius 2 is 0.774 bits per heavy atom. The summed E-state index contributed by atoms with van der Waals surface area (Å²) >= 11 is 0. The first kappa shape index (κ1) is 65.3. The number of aromatic nitrogens is 1. The van der Waals surface area contributed by atoms with Crippen LogP contribution in [0.25, 0.3) is 10.9 Å². The Morgan fingerprint density at radius 3 is 1.14 bits per heavy atom. The summed E-state index contributed by atoms with van der Waals surface area (Å²) in [5, 5.41) is 62.1. The number of aliphatic hydroxyl groups is 1. The monoisotopic (exact) mass is 1160 g/mol. The molecule has 84 heavy (non-hydrogen) atoms. The van der Waals surface area contributed by atoms with E-state index in [0.29, 0.717) is 33.2 Å². The van der Waals surface area contributed by atoms with Crippen molar-refractivity contribution in [2.24, 2.45) is 23.3 Å². The Labute approximate surface area is 484 Å². The lowest BCUT2D eigenvalue weighted by Crippen LogP contribution is -2.61. The minimum Gasteiger partial charge on any atom is -0.508 e. The quantitative estimate of drug-likeness (QED) is 0.0276. The van der Waals surface area contributed by atoms with Crippen molar-refractivity contribution in [3.63, 3.8) is 0 Å². The molecule has 25 heteroatoms. The molecule has 1 heterocycles. The number of carbonyl (C=O) groups excluding carboxylic acids is 10. The van der Waals surface area contributed by atoms with Crippen LogP contribution in [0.5, 0.6) is 17.2 Å². The molecule has 0 aliphatic rings. The van der Waals surface area contributed by atoms with E-state index >= 15 is 0 Å². The zero-order valence-corrected chi connectivity index (χ0v) is 47.3. The smallest absolute Gasteiger partial charge is 0.245 e. The van der Waals surface area contributed by atoms with Crippen molar-refractivity contribution in [2.75, 3.05) is 6.61 Å². The normalized spacial score (nSPS) is 14.0. The minimum absolute atomic E-state index is 0.0389. The number of aromatic hydroxyl groups is 3. The van der Waals surface area contributed by atoms with Gasteiger partial charge in [-0.3, -0.25) is 47.9 Å². The number of H-pyrrole nitrogens is 1.